The Morgan fingerprint density at radius 2 is 2.16 bits per heavy atom. The number of hydrogen-bond donors (Lipinski definition) is 2. The van der Waals surface area contributed by atoms with Gasteiger partial charge >= 0.3 is 5.97 Å². The largest absolute Gasteiger partial charge is 0.478 e. The minimum Gasteiger partial charge on any atom is -0.478 e. The molecule has 0 radical (unpaired) electrons. The van der Waals surface area contributed by atoms with Crippen molar-refractivity contribution in [1.82, 2.24) is 9.78 Å². The zero-order valence-electron chi connectivity index (χ0n) is 11.3. The first-order valence-corrected chi connectivity index (χ1v) is 6.04. The first-order chi connectivity index (χ1) is 8.97. The molecule has 2 N–H and O–H groups in total. The molecule has 0 aliphatic rings. The molecule has 1 aromatic carbocycles. The van der Waals surface area contributed by atoms with Gasteiger partial charge in [-0.2, -0.15) is 5.10 Å². The van der Waals surface area contributed by atoms with Crippen molar-refractivity contribution in [2.45, 2.75) is 20.4 Å². The Kier molecular flexibility index (Phi) is 3.55. The first-order valence-electron chi connectivity index (χ1n) is 6.04. The highest BCUT2D eigenvalue weighted by Gasteiger charge is 2.07. The first kappa shape index (κ1) is 13.1. The lowest BCUT2D eigenvalue weighted by molar-refractivity contribution is 0.0696. The molecule has 0 spiro atoms. The molecular weight excluding hydrogens is 242 g/mol. The topological polar surface area (TPSA) is 67.2 Å². The number of rotatable bonds is 4. The second-order valence-corrected chi connectivity index (χ2v) is 4.60. The number of hydrogen-bond acceptors (Lipinski definition) is 3. The number of carboxylic acid groups (broad SMARTS) is 1. The molecule has 0 aliphatic heterocycles. The maximum Gasteiger partial charge on any atom is 0.335 e. The average Bonchev–Trinajstić information content (AvgIpc) is 2.65. The quantitative estimate of drug-likeness (QED) is 0.884. The molecule has 0 fully saturated rings. The number of anilines is 1. The van der Waals surface area contributed by atoms with Crippen LogP contribution in [0.25, 0.3) is 0 Å². The highest BCUT2D eigenvalue weighted by Crippen LogP contribution is 2.16. The molecule has 19 heavy (non-hydrogen) atoms. The van der Waals surface area contributed by atoms with Gasteiger partial charge in [0.1, 0.15) is 0 Å². The van der Waals surface area contributed by atoms with E-state index in [-0.39, 0.29) is 0 Å². The SMILES string of the molecule is Cc1cc(NCc2cn(C)nc2C)ccc1C(=O)O. The summed E-state index contributed by atoms with van der Waals surface area (Å²) in [5.74, 6) is -0.896. The fourth-order valence-electron chi connectivity index (χ4n) is 2.03. The van der Waals surface area contributed by atoms with Crippen LogP contribution in [0, 0.1) is 13.8 Å². The van der Waals surface area contributed by atoms with Gasteiger partial charge in [-0.1, -0.05) is 0 Å². The van der Waals surface area contributed by atoms with Crippen LogP contribution in [0.15, 0.2) is 24.4 Å². The molecular formula is C14H17N3O2. The maximum atomic E-state index is 10.9. The molecule has 2 aromatic rings. The molecule has 0 unspecified atom stereocenters. The maximum absolute atomic E-state index is 10.9. The van der Waals surface area contributed by atoms with E-state index in [1.54, 1.807) is 23.7 Å². The van der Waals surface area contributed by atoms with E-state index in [2.05, 4.69) is 10.4 Å². The summed E-state index contributed by atoms with van der Waals surface area (Å²) in [7, 11) is 1.89. The van der Waals surface area contributed by atoms with Gasteiger partial charge in [0.25, 0.3) is 0 Å². The fourth-order valence-corrected chi connectivity index (χ4v) is 2.03. The highest BCUT2D eigenvalue weighted by atomic mass is 16.4. The summed E-state index contributed by atoms with van der Waals surface area (Å²) in [6.07, 6.45) is 1.97. The van der Waals surface area contributed by atoms with Crippen molar-refractivity contribution in [1.29, 1.82) is 0 Å². The van der Waals surface area contributed by atoms with Gasteiger partial charge in [-0.05, 0) is 37.6 Å². The predicted molar refractivity (Wildman–Crippen MR) is 73.4 cm³/mol. The zero-order valence-corrected chi connectivity index (χ0v) is 11.3. The molecule has 0 bridgehead atoms. The monoisotopic (exact) mass is 259 g/mol. The number of aromatic nitrogens is 2. The van der Waals surface area contributed by atoms with E-state index < -0.39 is 5.97 Å². The Hall–Kier alpha value is -2.30. The lowest BCUT2D eigenvalue weighted by Crippen LogP contribution is -2.03. The molecule has 1 heterocycles. The summed E-state index contributed by atoms with van der Waals surface area (Å²) < 4.78 is 1.78. The van der Waals surface area contributed by atoms with Crippen molar-refractivity contribution in [3.8, 4) is 0 Å². The number of aromatic carboxylic acids is 1. The second-order valence-electron chi connectivity index (χ2n) is 4.60. The molecule has 0 atom stereocenters. The van der Waals surface area contributed by atoms with Gasteiger partial charge in [-0.15, -0.1) is 0 Å². The Bertz CT molecular complexity index is 617. The fraction of sp³-hybridized carbons (Fsp3) is 0.286. The van der Waals surface area contributed by atoms with Gasteiger partial charge in [0.15, 0.2) is 0 Å². The lowest BCUT2D eigenvalue weighted by Gasteiger charge is -2.08. The number of nitrogens with one attached hydrogen (secondary N) is 1. The van der Waals surface area contributed by atoms with Gasteiger partial charge < -0.3 is 10.4 Å². The van der Waals surface area contributed by atoms with Crippen molar-refractivity contribution >= 4 is 11.7 Å². The standard InChI is InChI=1S/C14H17N3O2/c1-9-6-12(4-5-13(9)14(18)19)15-7-11-8-17(3)16-10(11)2/h4-6,8,15H,7H2,1-3H3,(H,18,19). The van der Waals surface area contributed by atoms with E-state index in [1.807, 2.05) is 26.2 Å². The Morgan fingerprint density at radius 1 is 1.42 bits per heavy atom. The third-order valence-corrected chi connectivity index (χ3v) is 3.05. The van der Waals surface area contributed by atoms with Crippen LogP contribution in [0.2, 0.25) is 0 Å². The highest BCUT2D eigenvalue weighted by molar-refractivity contribution is 5.89. The third kappa shape index (κ3) is 2.93. The van der Waals surface area contributed by atoms with Crippen LogP contribution in [-0.4, -0.2) is 20.9 Å². The van der Waals surface area contributed by atoms with Crippen LogP contribution in [0.3, 0.4) is 0 Å². The van der Waals surface area contributed by atoms with Gasteiger partial charge in [-0.3, -0.25) is 4.68 Å². The zero-order chi connectivity index (χ0) is 14.0. The van der Waals surface area contributed by atoms with Gasteiger partial charge in [0.2, 0.25) is 0 Å². The summed E-state index contributed by atoms with van der Waals surface area (Å²) in [6, 6.07) is 5.24. The summed E-state index contributed by atoms with van der Waals surface area (Å²) in [5, 5.41) is 16.5. The van der Waals surface area contributed by atoms with Crippen LogP contribution >= 0.6 is 0 Å². The van der Waals surface area contributed by atoms with E-state index in [9.17, 15) is 4.79 Å². The summed E-state index contributed by atoms with van der Waals surface area (Å²) in [5.41, 5.74) is 4.12. The molecule has 0 amide bonds. The van der Waals surface area contributed by atoms with E-state index in [1.165, 1.54) is 0 Å². The van der Waals surface area contributed by atoms with E-state index in [0.717, 1.165) is 22.5 Å². The van der Waals surface area contributed by atoms with Gasteiger partial charge in [0, 0.05) is 31.0 Å². The number of benzene rings is 1. The molecule has 1 aromatic heterocycles. The van der Waals surface area contributed by atoms with Gasteiger partial charge in [-0.25, -0.2) is 4.79 Å². The van der Waals surface area contributed by atoms with Crippen molar-refractivity contribution in [3.63, 3.8) is 0 Å². The van der Waals surface area contributed by atoms with Crippen LogP contribution in [0.4, 0.5) is 5.69 Å². The lowest BCUT2D eigenvalue weighted by atomic mass is 10.1. The van der Waals surface area contributed by atoms with Crippen LogP contribution in [-0.2, 0) is 13.6 Å². The number of aryl methyl sites for hydroxylation is 3. The number of carboxylic acids is 1. The molecule has 100 valence electrons. The smallest absolute Gasteiger partial charge is 0.335 e. The number of carbonyl (C=O) groups is 1. The molecule has 0 saturated heterocycles. The summed E-state index contributed by atoms with van der Waals surface area (Å²) in [6.45, 7) is 4.44. The minimum absolute atomic E-state index is 0.336. The van der Waals surface area contributed by atoms with E-state index >= 15 is 0 Å². The Labute approximate surface area is 111 Å². The second kappa shape index (κ2) is 5.14. The molecule has 0 aliphatic carbocycles. The normalized spacial score (nSPS) is 10.5. The minimum atomic E-state index is -0.896. The molecule has 2 rings (SSSR count). The van der Waals surface area contributed by atoms with Crippen LogP contribution < -0.4 is 5.32 Å². The van der Waals surface area contributed by atoms with E-state index in [4.69, 9.17) is 5.11 Å². The van der Waals surface area contributed by atoms with Crippen molar-refractivity contribution in [2.75, 3.05) is 5.32 Å². The summed E-state index contributed by atoms with van der Waals surface area (Å²) >= 11 is 0. The average molecular weight is 259 g/mol. The van der Waals surface area contributed by atoms with E-state index in [0.29, 0.717) is 12.1 Å². The van der Waals surface area contributed by atoms with Crippen molar-refractivity contribution in [2.24, 2.45) is 7.05 Å². The molecule has 0 saturated carbocycles. The molecule has 5 nitrogen and oxygen atoms in total. The van der Waals surface area contributed by atoms with Crippen molar-refractivity contribution < 1.29 is 9.90 Å². The Balaban J connectivity index is 2.10. The predicted octanol–water partition coefficient (Wildman–Crippen LogP) is 2.35. The van der Waals surface area contributed by atoms with Gasteiger partial charge in [0.05, 0.1) is 11.3 Å². The number of nitrogens with zero attached hydrogens (tertiary/aromatic N) is 2. The summed E-state index contributed by atoms with van der Waals surface area (Å²) in [4.78, 5) is 10.9. The molecule has 5 heteroatoms. The third-order valence-electron chi connectivity index (χ3n) is 3.05. The van der Waals surface area contributed by atoms with Crippen LogP contribution in [0.1, 0.15) is 27.2 Å². The van der Waals surface area contributed by atoms with Crippen LogP contribution in [0.5, 0.6) is 0 Å². The van der Waals surface area contributed by atoms with Crippen molar-refractivity contribution in [3.05, 3.63) is 46.8 Å². The Morgan fingerprint density at radius 3 is 2.68 bits per heavy atom.